The summed E-state index contributed by atoms with van der Waals surface area (Å²) in [5.74, 6) is 1.62. The lowest BCUT2D eigenvalue weighted by Crippen LogP contribution is -2.25. The van der Waals surface area contributed by atoms with Gasteiger partial charge in [-0.15, -0.1) is 0 Å². The minimum atomic E-state index is 0.465. The quantitative estimate of drug-likeness (QED) is 0.666. The van der Waals surface area contributed by atoms with Crippen LogP contribution < -0.4 is 5.73 Å². The lowest BCUT2D eigenvalue weighted by atomic mass is 9.91. The summed E-state index contributed by atoms with van der Waals surface area (Å²) in [4.78, 5) is 0. The van der Waals surface area contributed by atoms with Crippen molar-refractivity contribution in [1.29, 1.82) is 0 Å². The van der Waals surface area contributed by atoms with Crippen molar-refractivity contribution >= 4 is 0 Å². The Morgan fingerprint density at radius 3 is 2.62 bits per heavy atom. The molecule has 0 amide bonds. The van der Waals surface area contributed by atoms with Crippen molar-refractivity contribution < 1.29 is 4.74 Å². The zero-order chi connectivity index (χ0) is 9.68. The van der Waals surface area contributed by atoms with E-state index in [2.05, 4.69) is 6.92 Å². The first-order chi connectivity index (χ1) is 6.25. The van der Waals surface area contributed by atoms with Gasteiger partial charge in [0.05, 0.1) is 0 Å². The second-order valence-corrected chi connectivity index (χ2v) is 4.35. The van der Waals surface area contributed by atoms with Crippen molar-refractivity contribution in [3.63, 3.8) is 0 Å². The molecule has 0 spiro atoms. The fraction of sp³-hybridized carbons (Fsp3) is 1.00. The number of unbranched alkanes of at least 4 members (excludes halogenated alkanes) is 1. The molecule has 0 aromatic rings. The molecule has 1 saturated carbocycles. The molecule has 3 atom stereocenters. The maximum atomic E-state index is 5.97. The van der Waals surface area contributed by atoms with Gasteiger partial charge in [0.25, 0.3) is 0 Å². The molecule has 0 bridgehead atoms. The Hall–Kier alpha value is -0.0800. The first kappa shape index (κ1) is 11.0. The van der Waals surface area contributed by atoms with Crippen molar-refractivity contribution in [2.75, 3.05) is 13.7 Å². The molecule has 0 radical (unpaired) electrons. The van der Waals surface area contributed by atoms with E-state index in [0.29, 0.717) is 6.04 Å². The summed E-state index contributed by atoms with van der Waals surface area (Å²) in [7, 11) is 1.77. The zero-order valence-corrected chi connectivity index (χ0v) is 8.96. The molecular formula is C11H23NO. The normalized spacial score (nSPS) is 33.9. The molecule has 1 rings (SSSR count). The largest absolute Gasteiger partial charge is 0.385 e. The molecule has 13 heavy (non-hydrogen) atoms. The Morgan fingerprint density at radius 2 is 2.08 bits per heavy atom. The highest BCUT2D eigenvalue weighted by Crippen LogP contribution is 2.33. The average molecular weight is 185 g/mol. The van der Waals surface area contributed by atoms with Gasteiger partial charge in [-0.1, -0.05) is 19.8 Å². The predicted molar refractivity (Wildman–Crippen MR) is 55.6 cm³/mol. The van der Waals surface area contributed by atoms with Gasteiger partial charge in [0.15, 0.2) is 0 Å². The van der Waals surface area contributed by atoms with E-state index in [-0.39, 0.29) is 0 Å². The van der Waals surface area contributed by atoms with Crippen LogP contribution in [0.3, 0.4) is 0 Å². The minimum absolute atomic E-state index is 0.465. The molecule has 0 aliphatic heterocycles. The van der Waals surface area contributed by atoms with Crippen LogP contribution in [-0.2, 0) is 4.74 Å². The monoisotopic (exact) mass is 185 g/mol. The van der Waals surface area contributed by atoms with Crippen LogP contribution in [-0.4, -0.2) is 19.8 Å². The maximum Gasteiger partial charge on any atom is 0.0462 e. The Kier molecular flexibility index (Phi) is 4.74. The van der Waals surface area contributed by atoms with Gasteiger partial charge in [0, 0.05) is 19.8 Å². The lowest BCUT2D eigenvalue weighted by molar-refractivity contribution is 0.188. The molecule has 2 nitrogen and oxygen atoms in total. The van der Waals surface area contributed by atoms with E-state index in [4.69, 9.17) is 10.5 Å². The van der Waals surface area contributed by atoms with Crippen LogP contribution in [0.25, 0.3) is 0 Å². The predicted octanol–water partition coefficient (Wildman–Crippen LogP) is 2.18. The van der Waals surface area contributed by atoms with Gasteiger partial charge in [0.2, 0.25) is 0 Å². The van der Waals surface area contributed by atoms with Gasteiger partial charge in [-0.25, -0.2) is 0 Å². The zero-order valence-electron chi connectivity index (χ0n) is 8.96. The number of methoxy groups -OCH3 is 1. The molecule has 0 aromatic heterocycles. The topological polar surface area (TPSA) is 35.2 Å². The Morgan fingerprint density at radius 1 is 1.31 bits per heavy atom. The van der Waals surface area contributed by atoms with Crippen molar-refractivity contribution in [2.45, 2.75) is 45.1 Å². The molecule has 1 fully saturated rings. The molecule has 0 saturated heterocycles. The van der Waals surface area contributed by atoms with E-state index in [1.54, 1.807) is 7.11 Å². The molecule has 1 aliphatic rings. The summed E-state index contributed by atoms with van der Waals surface area (Å²) >= 11 is 0. The number of nitrogens with two attached hydrogens (primary N) is 1. The van der Waals surface area contributed by atoms with Gasteiger partial charge in [-0.2, -0.15) is 0 Å². The van der Waals surface area contributed by atoms with Crippen molar-refractivity contribution in [3.8, 4) is 0 Å². The highest BCUT2D eigenvalue weighted by molar-refractivity contribution is 4.84. The fourth-order valence-electron chi connectivity index (χ4n) is 2.34. The maximum absolute atomic E-state index is 5.97. The van der Waals surface area contributed by atoms with Crippen LogP contribution in [0.15, 0.2) is 0 Å². The SMILES string of the molecule is COCCCCC1CCC(N)C1C. The summed E-state index contributed by atoms with van der Waals surface area (Å²) in [6.45, 7) is 3.21. The minimum Gasteiger partial charge on any atom is -0.385 e. The number of hydrogen-bond donors (Lipinski definition) is 1. The molecular weight excluding hydrogens is 162 g/mol. The lowest BCUT2D eigenvalue weighted by Gasteiger charge is -2.17. The van der Waals surface area contributed by atoms with Crippen molar-refractivity contribution in [2.24, 2.45) is 17.6 Å². The summed E-state index contributed by atoms with van der Waals surface area (Å²) in [6.07, 6.45) is 6.42. The van der Waals surface area contributed by atoms with Crippen LogP contribution in [0.5, 0.6) is 0 Å². The average Bonchev–Trinajstić information content (AvgIpc) is 2.43. The second kappa shape index (κ2) is 5.61. The Bertz CT molecular complexity index is 138. The van der Waals surface area contributed by atoms with E-state index in [1.807, 2.05) is 0 Å². The highest BCUT2D eigenvalue weighted by atomic mass is 16.5. The van der Waals surface area contributed by atoms with E-state index >= 15 is 0 Å². The standard InChI is InChI=1S/C11H23NO/c1-9-10(6-7-11(9)12)5-3-4-8-13-2/h9-11H,3-8,12H2,1-2H3. The molecule has 2 heteroatoms. The van der Waals surface area contributed by atoms with Gasteiger partial charge < -0.3 is 10.5 Å². The summed E-state index contributed by atoms with van der Waals surface area (Å²) in [5.41, 5.74) is 5.97. The van der Waals surface area contributed by atoms with Crippen LogP contribution in [0.4, 0.5) is 0 Å². The third-order valence-corrected chi connectivity index (χ3v) is 3.46. The summed E-state index contributed by atoms with van der Waals surface area (Å²) in [5, 5.41) is 0. The van der Waals surface area contributed by atoms with E-state index in [9.17, 15) is 0 Å². The van der Waals surface area contributed by atoms with E-state index in [1.165, 1.54) is 32.1 Å². The smallest absolute Gasteiger partial charge is 0.0462 e. The Labute approximate surface area is 81.8 Å². The van der Waals surface area contributed by atoms with Crippen molar-refractivity contribution in [3.05, 3.63) is 0 Å². The van der Waals surface area contributed by atoms with Gasteiger partial charge >= 0.3 is 0 Å². The Balaban J connectivity index is 2.08. The molecule has 2 N–H and O–H groups in total. The molecule has 0 aromatic carbocycles. The first-order valence-electron chi connectivity index (χ1n) is 5.50. The number of hydrogen-bond acceptors (Lipinski definition) is 2. The molecule has 0 heterocycles. The van der Waals surface area contributed by atoms with Crippen LogP contribution >= 0.6 is 0 Å². The van der Waals surface area contributed by atoms with Crippen molar-refractivity contribution in [1.82, 2.24) is 0 Å². The molecule has 1 aliphatic carbocycles. The van der Waals surface area contributed by atoms with Crippen LogP contribution in [0, 0.1) is 11.8 Å². The van der Waals surface area contributed by atoms with Gasteiger partial charge in [-0.05, 0) is 31.1 Å². The third-order valence-electron chi connectivity index (χ3n) is 3.46. The molecule has 78 valence electrons. The number of ether oxygens (including phenoxy) is 1. The summed E-state index contributed by atoms with van der Waals surface area (Å²) in [6, 6.07) is 0.465. The second-order valence-electron chi connectivity index (χ2n) is 4.35. The fourth-order valence-corrected chi connectivity index (χ4v) is 2.34. The number of rotatable bonds is 5. The van der Waals surface area contributed by atoms with Crippen LogP contribution in [0.1, 0.15) is 39.0 Å². The van der Waals surface area contributed by atoms with Gasteiger partial charge in [0.1, 0.15) is 0 Å². The first-order valence-corrected chi connectivity index (χ1v) is 5.50. The van der Waals surface area contributed by atoms with Crippen LogP contribution in [0.2, 0.25) is 0 Å². The van der Waals surface area contributed by atoms with E-state index in [0.717, 1.165) is 18.4 Å². The van der Waals surface area contributed by atoms with E-state index < -0.39 is 0 Å². The molecule has 3 unspecified atom stereocenters. The summed E-state index contributed by atoms with van der Waals surface area (Å²) < 4.78 is 5.03. The highest BCUT2D eigenvalue weighted by Gasteiger charge is 2.29. The van der Waals surface area contributed by atoms with Gasteiger partial charge in [-0.3, -0.25) is 0 Å². The third kappa shape index (κ3) is 3.28.